The highest BCUT2D eigenvalue weighted by atomic mass is 32.2. The van der Waals surface area contributed by atoms with Gasteiger partial charge in [0.25, 0.3) is 0 Å². The molecular weight excluding hydrogens is 393 g/mol. The molecule has 150 valence electrons. The van der Waals surface area contributed by atoms with E-state index in [1.807, 2.05) is 36.4 Å². The van der Waals surface area contributed by atoms with Gasteiger partial charge >= 0.3 is 0 Å². The van der Waals surface area contributed by atoms with Crippen LogP contribution in [0.25, 0.3) is 0 Å². The summed E-state index contributed by atoms with van der Waals surface area (Å²) in [5.74, 6) is -1.01. The van der Waals surface area contributed by atoms with Crippen LogP contribution < -0.4 is 10.0 Å². The summed E-state index contributed by atoms with van der Waals surface area (Å²) in [6.45, 7) is 0.218. The first-order chi connectivity index (χ1) is 13.9. The van der Waals surface area contributed by atoms with Gasteiger partial charge in [-0.05, 0) is 47.9 Å². The maximum absolute atomic E-state index is 13.1. The molecule has 0 saturated carbocycles. The van der Waals surface area contributed by atoms with E-state index in [9.17, 15) is 17.6 Å². The SMILES string of the molecule is O=C(NCc1cccnc1)C(Cc1ccccc1)NS(=O)(=O)c1ccc(F)cc1. The zero-order chi connectivity index (χ0) is 20.7. The van der Waals surface area contributed by atoms with Crippen molar-refractivity contribution in [1.82, 2.24) is 15.0 Å². The number of pyridine rings is 1. The lowest BCUT2D eigenvalue weighted by Gasteiger charge is -2.19. The average Bonchev–Trinajstić information content (AvgIpc) is 2.73. The Hall–Kier alpha value is -3.10. The van der Waals surface area contributed by atoms with Gasteiger partial charge in [0.05, 0.1) is 4.90 Å². The van der Waals surface area contributed by atoms with Crippen molar-refractivity contribution in [3.8, 4) is 0 Å². The zero-order valence-electron chi connectivity index (χ0n) is 15.5. The second-order valence-corrected chi connectivity index (χ2v) is 8.11. The summed E-state index contributed by atoms with van der Waals surface area (Å²) in [5, 5.41) is 2.74. The van der Waals surface area contributed by atoms with Gasteiger partial charge in [-0.25, -0.2) is 12.8 Å². The average molecular weight is 413 g/mol. The van der Waals surface area contributed by atoms with Crippen LogP contribution in [0.4, 0.5) is 4.39 Å². The Labute approximate surface area is 168 Å². The molecule has 0 aliphatic rings. The van der Waals surface area contributed by atoms with E-state index in [0.717, 1.165) is 35.4 Å². The Morgan fingerprint density at radius 3 is 2.31 bits per heavy atom. The van der Waals surface area contributed by atoms with E-state index in [4.69, 9.17) is 0 Å². The number of nitrogens with zero attached hydrogens (tertiary/aromatic N) is 1. The summed E-state index contributed by atoms with van der Waals surface area (Å²) < 4.78 is 41.0. The molecule has 0 aliphatic heterocycles. The molecule has 1 unspecified atom stereocenters. The molecule has 1 atom stereocenters. The van der Waals surface area contributed by atoms with Gasteiger partial charge in [-0.3, -0.25) is 9.78 Å². The van der Waals surface area contributed by atoms with Gasteiger partial charge in [-0.2, -0.15) is 4.72 Å². The molecule has 6 nitrogen and oxygen atoms in total. The number of hydrogen-bond acceptors (Lipinski definition) is 4. The first-order valence-corrected chi connectivity index (χ1v) is 10.4. The van der Waals surface area contributed by atoms with Gasteiger partial charge in [0.15, 0.2) is 0 Å². The van der Waals surface area contributed by atoms with Crippen LogP contribution in [0.15, 0.2) is 84.0 Å². The van der Waals surface area contributed by atoms with Crippen molar-refractivity contribution in [2.75, 3.05) is 0 Å². The number of benzene rings is 2. The molecular formula is C21H20FN3O3S. The van der Waals surface area contributed by atoms with Crippen LogP contribution in [0.2, 0.25) is 0 Å². The number of hydrogen-bond donors (Lipinski definition) is 2. The molecule has 0 radical (unpaired) electrons. The molecule has 0 spiro atoms. The Morgan fingerprint density at radius 2 is 1.66 bits per heavy atom. The van der Waals surface area contributed by atoms with Crippen molar-refractivity contribution in [1.29, 1.82) is 0 Å². The molecule has 0 bridgehead atoms. The minimum absolute atomic E-state index is 0.114. The van der Waals surface area contributed by atoms with Crippen LogP contribution in [0.1, 0.15) is 11.1 Å². The molecule has 2 aromatic carbocycles. The number of halogens is 1. The Kier molecular flexibility index (Phi) is 6.69. The van der Waals surface area contributed by atoms with Crippen LogP contribution in [-0.2, 0) is 27.8 Å². The van der Waals surface area contributed by atoms with Crippen LogP contribution >= 0.6 is 0 Å². The van der Waals surface area contributed by atoms with Gasteiger partial charge in [-0.15, -0.1) is 0 Å². The molecule has 3 rings (SSSR count). The molecule has 1 heterocycles. The number of nitrogens with one attached hydrogen (secondary N) is 2. The first-order valence-electron chi connectivity index (χ1n) is 8.92. The number of carbonyl (C=O) groups is 1. The van der Waals surface area contributed by atoms with E-state index in [-0.39, 0.29) is 17.9 Å². The fourth-order valence-electron chi connectivity index (χ4n) is 2.72. The number of aromatic nitrogens is 1. The highest BCUT2D eigenvalue weighted by Crippen LogP contribution is 2.12. The topological polar surface area (TPSA) is 88.2 Å². The largest absolute Gasteiger partial charge is 0.351 e. The van der Waals surface area contributed by atoms with E-state index in [1.54, 1.807) is 18.5 Å². The lowest BCUT2D eigenvalue weighted by Crippen LogP contribution is -2.47. The Balaban J connectivity index is 1.78. The normalized spacial score (nSPS) is 12.3. The van der Waals surface area contributed by atoms with E-state index in [0.29, 0.717) is 0 Å². The maximum Gasteiger partial charge on any atom is 0.241 e. The Bertz CT molecular complexity index is 1040. The molecule has 3 aromatic rings. The van der Waals surface area contributed by atoms with Gasteiger partial charge in [0.2, 0.25) is 15.9 Å². The van der Waals surface area contributed by atoms with Crippen molar-refractivity contribution in [2.45, 2.75) is 23.9 Å². The molecule has 2 N–H and O–H groups in total. The van der Waals surface area contributed by atoms with Crippen molar-refractivity contribution in [3.05, 3.63) is 96.1 Å². The predicted octanol–water partition coefficient (Wildman–Crippen LogP) is 2.43. The van der Waals surface area contributed by atoms with Crippen LogP contribution in [0.5, 0.6) is 0 Å². The van der Waals surface area contributed by atoms with E-state index in [1.165, 1.54) is 0 Å². The summed E-state index contributed by atoms with van der Waals surface area (Å²) >= 11 is 0. The van der Waals surface area contributed by atoms with Crippen molar-refractivity contribution >= 4 is 15.9 Å². The number of carbonyl (C=O) groups excluding carboxylic acids is 1. The zero-order valence-corrected chi connectivity index (χ0v) is 16.3. The van der Waals surface area contributed by atoms with Crippen LogP contribution in [-0.4, -0.2) is 25.4 Å². The minimum atomic E-state index is -4.01. The molecule has 1 aromatic heterocycles. The summed E-state index contributed by atoms with van der Waals surface area (Å²) in [6.07, 6.45) is 3.41. The molecule has 29 heavy (non-hydrogen) atoms. The minimum Gasteiger partial charge on any atom is -0.351 e. The second-order valence-electron chi connectivity index (χ2n) is 6.40. The van der Waals surface area contributed by atoms with Gasteiger partial charge in [-0.1, -0.05) is 36.4 Å². The highest BCUT2D eigenvalue weighted by Gasteiger charge is 2.26. The van der Waals surface area contributed by atoms with E-state index >= 15 is 0 Å². The lowest BCUT2D eigenvalue weighted by atomic mass is 10.1. The van der Waals surface area contributed by atoms with Crippen molar-refractivity contribution < 1.29 is 17.6 Å². The molecule has 0 fully saturated rings. The summed E-state index contributed by atoms with van der Waals surface area (Å²) in [5.41, 5.74) is 1.59. The van der Waals surface area contributed by atoms with E-state index in [2.05, 4.69) is 15.0 Å². The predicted molar refractivity (Wildman–Crippen MR) is 107 cm³/mol. The molecule has 0 aliphatic carbocycles. The third-order valence-corrected chi connectivity index (χ3v) is 5.70. The molecule has 1 amide bonds. The van der Waals surface area contributed by atoms with Gasteiger partial charge in [0, 0.05) is 18.9 Å². The Morgan fingerprint density at radius 1 is 0.966 bits per heavy atom. The van der Waals surface area contributed by atoms with Gasteiger partial charge < -0.3 is 5.32 Å². The monoisotopic (exact) mass is 413 g/mol. The molecule has 8 heteroatoms. The second kappa shape index (κ2) is 9.40. The van der Waals surface area contributed by atoms with Gasteiger partial charge in [0.1, 0.15) is 11.9 Å². The highest BCUT2D eigenvalue weighted by molar-refractivity contribution is 7.89. The summed E-state index contributed by atoms with van der Waals surface area (Å²) in [6, 6.07) is 16.0. The third-order valence-electron chi connectivity index (χ3n) is 4.21. The van der Waals surface area contributed by atoms with Crippen LogP contribution in [0, 0.1) is 5.82 Å². The standard InChI is InChI=1S/C21H20FN3O3S/c22-18-8-10-19(11-9-18)29(27,28)25-20(13-16-5-2-1-3-6-16)21(26)24-15-17-7-4-12-23-14-17/h1-12,14,20,25H,13,15H2,(H,24,26). The summed E-state index contributed by atoms with van der Waals surface area (Å²) in [4.78, 5) is 16.6. The van der Waals surface area contributed by atoms with Crippen LogP contribution in [0.3, 0.4) is 0 Å². The number of sulfonamides is 1. The van der Waals surface area contributed by atoms with E-state index < -0.39 is 27.8 Å². The van der Waals surface area contributed by atoms with Crippen molar-refractivity contribution in [2.24, 2.45) is 0 Å². The fraction of sp³-hybridized carbons (Fsp3) is 0.143. The number of amides is 1. The quantitative estimate of drug-likeness (QED) is 0.594. The number of rotatable bonds is 8. The third kappa shape index (κ3) is 5.94. The fourth-order valence-corrected chi connectivity index (χ4v) is 3.92. The summed E-state index contributed by atoms with van der Waals surface area (Å²) in [7, 11) is -4.01. The molecule has 0 saturated heterocycles. The first kappa shape index (κ1) is 20.6. The lowest BCUT2D eigenvalue weighted by molar-refractivity contribution is -0.122. The van der Waals surface area contributed by atoms with Crippen molar-refractivity contribution in [3.63, 3.8) is 0 Å². The smallest absolute Gasteiger partial charge is 0.241 e. The maximum atomic E-state index is 13.1.